The number of rotatable bonds is 4. The quantitative estimate of drug-likeness (QED) is 0.332. The molecule has 1 fully saturated rings. The molecular weight excluding hydrogens is 451 g/mol. The second-order valence-electron chi connectivity index (χ2n) is 7.77. The number of hydrogen-bond acceptors (Lipinski definition) is 6. The van der Waals surface area contributed by atoms with Crippen molar-refractivity contribution in [2.45, 2.75) is 6.54 Å². The van der Waals surface area contributed by atoms with Crippen molar-refractivity contribution in [2.24, 2.45) is 12.9 Å². The molecule has 33 heavy (non-hydrogen) atoms. The SMILES string of the molecule is Cn1ncc2cccc(N(Cc3ccc(C(=O)NN)cc3F)C(=O)N3CCS(=O)(=O)CC3)c21. The van der Waals surface area contributed by atoms with Crippen LogP contribution in [0.4, 0.5) is 14.9 Å². The van der Waals surface area contributed by atoms with Crippen LogP contribution in [-0.4, -0.2) is 59.6 Å². The molecule has 2 heterocycles. The number of hydrogen-bond donors (Lipinski definition) is 2. The Morgan fingerprint density at radius 2 is 1.94 bits per heavy atom. The summed E-state index contributed by atoms with van der Waals surface area (Å²) in [6.45, 7) is -0.0308. The predicted molar refractivity (Wildman–Crippen MR) is 121 cm³/mol. The Balaban J connectivity index is 1.74. The van der Waals surface area contributed by atoms with Gasteiger partial charge in [0.1, 0.15) is 5.82 Å². The van der Waals surface area contributed by atoms with E-state index in [0.29, 0.717) is 11.2 Å². The molecule has 0 unspecified atom stereocenters. The zero-order valence-corrected chi connectivity index (χ0v) is 18.7. The van der Waals surface area contributed by atoms with E-state index in [1.54, 1.807) is 30.1 Å². The van der Waals surface area contributed by atoms with E-state index >= 15 is 0 Å². The molecule has 3 amide bonds. The first-order valence-corrected chi connectivity index (χ1v) is 12.0. The molecule has 0 radical (unpaired) electrons. The molecule has 0 atom stereocenters. The van der Waals surface area contributed by atoms with Crippen molar-refractivity contribution < 1.29 is 22.4 Å². The number of nitrogens with zero attached hydrogens (tertiary/aromatic N) is 4. The van der Waals surface area contributed by atoms with Crippen molar-refractivity contribution >= 4 is 38.4 Å². The van der Waals surface area contributed by atoms with Gasteiger partial charge in [-0.05, 0) is 18.2 Å². The summed E-state index contributed by atoms with van der Waals surface area (Å²) in [4.78, 5) is 28.1. The highest BCUT2D eigenvalue weighted by Crippen LogP contribution is 2.29. The fourth-order valence-electron chi connectivity index (χ4n) is 3.83. The van der Waals surface area contributed by atoms with Crippen molar-refractivity contribution in [3.05, 3.63) is 59.5 Å². The van der Waals surface area contributed by atoms with Gasteiger partial charge in [-0.2, -0.15) is 5.10 Å². The molecule has 1 aromatic heterocycles. The minimum atomic E-state index is -3.19. The van der Waals surface area contributed by atoms with E-state index < -0.39 is 27.6 Å². The zero-order chi connectivity index (χ0) is 23.8. The summed E-state index contributed by atoms with van der Waals surface area (Å²) in [5.74, 6) is 3.55. The number of carbonyl (C=O) groups excluding carboxylic acids is 2. The fourth-order valence-corrected chi connectivity index (χ4v) is 5.03. The molecule has 0 spiro atoms. The Kier molecular flexibility index (Phi) is 6.04. The van der Waals surface area contributed by atoms with Crippen molar-refractivity contribution in [1.82, 2.24) is 20.1 Å². The average Bonchev–Trinajstić information content (AvgIpc) is 3.18. The summed E-state index contributed by atoms with van der Waals surface area (Å²) in [7, 11) is -1.45. The van der Waals surface area contributed by atoms with Gasteiger partial charge in [0.05, 0.1) is 35.5 Å². The number of halogens is 1. The second-order valence-corrected chi connectivity index (χ2v) is 10.1. The molecule has 4 rings (SSSR count). The molecule has 2 aromatic carbocycles. The number of aromatic nitrogens is 2. The summed E-state index contributed by atoms with van der Waals surface area (Å²) in [5, 5.41) is 5.05. The number of hydrazine groups is 1. The molecule has 0 bridgehead atoms. The highest BCUT2D eigenvalue weighted by molar-refractivity contribution is 7.91. The van der Waals surface area contributed by atoms with Crippen LogP contribution in [0.15, 0.2) is 42.6 Å². The van der Waals surface area contributed by atoms with Gasteiger partial charge in [0.15, 0.2) is 9.84 Å². The lowest BCUT2D eigenvalue weighted by Crippen LogP contribution is -2.50. The largest absolute Gasteiger partial charge is 0.324 e. The summed E-state index contributed by atoms with van der Waals surface area (Å²) in [6.07, 6.45) is 1.66. The molecule has 1 saturated heterocycles. The molecule has 0 saturated carbocycles. The van der Waals surface area contributed by atoms with Crippen LogP contribution in [0.5, 0.6) is 0 Å². The second kappa shape index (κ2) is 8.79. The van der Waals surface area contributed by atoms with E-state index in [9.17, 15) is 22.4 Å². The number of urea groups is 1. The summed E-state index contributed by atoms with van der Waals surface area (Å²) in [6, 6.07) is 8.80. The van der Waals surface area contributed by atoms with Crippen LogP contribution in [0.3, 0.4) is 0 Å². The van der Waals surface area contributed by atoms with Crippen LogP contribution in [0.1, 0.15) is 15.9 Å². The third kappa shape index (κ3) is 4.52. The first-order chi connectivity index (χ1) is 15.7. The highest BCUT2D eigenvalue weighted by atomic mass is 32.2. The Hall–Kier alpha value is -3.51. The monoisotopic (exact) mass is 474 g/mol. The van der Waals surface area contributed by atoms with Gasteiger partial charge in [0.2, 0.25) is 0 Å². The predicted octanol–water partition coefficient (Wildman–Crippen LogP) is 1.17. The molecular formula is C21H23FN6O4S. The number of amides is 3. The van der Waals surface area contributed by atoms with E-state index in [-0.39, 0.29) is 42.3 Å². The van der Waals surface area contributed by atoms with Gasteiger partial charge in [0, 0.05) is 36.7 Å². The molecule has 3 N–H and O–H groups in total. The van der Waals surface area contributed by atoms with Crippen molar-refractivity contribution in [3.63, 3.8) is 0 Å². The first kappa shape index (κ1) is 22.7. The topological polar surface area (TPSA) is 131 Å². The molecule has 3 aromatic rings. The van der Waals surface area contributed by atoms with Crippen molar-refractivity contribution in [1.29, 1.82) is 0 Å². The molecule has 12 heteroatoms. The Morgan fingerprint density at radius 3 is 2.61 bits per heavy atom. The maximum Gasteiger partial charge on any atom is 0.324 e. The molecule has 0 aliphatic carbocycles. The number of benzene rings is 2. The van der Waals surface area contributed by atoms with Crippen molar-refractivity contribution in [2.75, 3.05) is 29.5 Å². The van der Waals surface area contributed by atoms with Gasteiger partial charge >= 0.3 is 6.03 Å². The number of anilines is 1. The van der Waals surface area contributed by atoms with Crippen LogP contribution in [0.25, 0.3) is 10.9 Å². The third-order valence-corrected chi connectivity index (χ3v) is 7.26. The van der Waals surface area contributed by atoms with Gasteiger partial charge in [0.25, 0.3) is 5.91 Å². The number of nitrogens with one attached hydrogen (secondary N) is 1. The number of aryl methyl sites for hydroxylation is 1. The Morgan fingerprint density at radius 1 is 1.21 bits per heavy atom. The molecule has 10 nitrogen and oxygen atoms in total. The lowest BCUT2D eigenvalue weighted by molar-refractivity contribution is 0.0953. The summed E-state index contributed by atoms with van der Waals surface area (Å²) < 4.78 is 40.2. The number of nitrogens with two attached hydrogens (primary N) is 1. The minimum Gasteiger partial charge on any atom is -0.322 e. The number of sulfone groups is 1. The normalized spacial score (nSPS) is 15.4. The standard InChI is InChI=1S/C21H23FN6O4S/c1-26-19-15(12-24-26)3-2-4-18(19)28(21(30)27-7-9-33(31,32)10-8-27)13-16-6-5-14(11-17(16)22)20(29)25-23/h2-6,11-12H,7-10,13,23H2,1H3,(H,25,29). The van der Waals surface area contributed by atoms with E-state index in [0.717, 1.165) is 11.5 Å². The summed E-state index contributed by atoms with van der Waals surface area (Å²) >= 11 is 0. The van der Waals surface area contributed by atoms with Gasteiger partial charge in [-0.15, -0.1) is 0 Å². The van der Waals surface area contributed by atoms with E-state index in [4.69, 9.17) is 5.84 Å². The number of para-hydroxylation sites is 1. The smallest absolute Gasteiger partial charge is 0.322 e. The molecule has 1 aliphatic rings. The van der Waals surface area contributed by atoms with Crippen molar-refractivity contribution in [3.8, 4) is 0 Å². The fraction of sp³-hybridized carbons (Fsp3) is 0.286. The average molecular weight is 475 g/mol. The lowest BCUT2D eigenvalue weighted by atomic mass is 10.1. The molecule has 1 aliphatic heterocycles. The summed E-state index contributed by atoms with van der Waals surface area (Å²) in [5.41, 5.74) is 3.36. The maximum atomic E-state index is 14.9. The maximum absolute atomic E-state index is 14.9. The lowest BCUT2D eigenvalue weighted by Gasteiger charge is -2.33. The van der Waals surface area contributed by atoms with Crippen LogP contribution >= 0.6 is 0 Å². The van der Waals surface area contributed by atoms with Gasteiger partial charge in [-0.25, -0.2) is 23.4 Å². The van der Waals surface area contributed by atoms with Crippen LogP contribution in [0, 0.1) is 5.82 Å². The van der Waals surface area contributed by atoms with E-state index in [1.807, 2.05) is 11.5 Å². The number of carbonyl (C=O) groups is 2. The van der Waals surface area contributed by atoms with E-state index in [2.05, 4.69) is 5.10 Å². The molecule has 174 valence electrons. The van der Waals surface area contributed by atoms with Gasteiger partial charge < -0.3 is 4.90 Å². The zero-order valence-electron chi connectivity index (χ0n) is 17.9. The Labute approximate surface area is 189 Å². The Bertz CT molecular complexity index is 1330. The number of fused-ring (bicyclic) bond motifs is 1. The third-order valence-electron chi connectivity index (χ3n) is 5.65. The van der Waals surface area contributed by atoms with Gasteiger partial charge in [-0.1, -0.05) is 18.2 Å². The van der Waals surface area contributed by atoms with Crippen LogP contribution < -0.4 is 16.2 Å². The minimum absolute atomic E-state index is 0.0478. The first-order valence-electron chi connectivity index (χ1n) is 10.2. The number of nitrogen functional groups attached to an aromatic ring is 1. The van der Waals surface area contributed by atoms with Crippen LogP contribution in [0.2, 0.25) is 0 Å². The van der Waals surface area contributed by atoms with Gasteiger partial charge in [-0.3, -0.25) is 19.8 Å². The highest BCUT2D eigenvalue weighted by Gasteiger charge is 2.30. The van der Waals surface area contributed by atoms with Crippen LogP contribution in [-0.2, 0) is 23.4 Å². The van der Waals surface area contributed by atoms with E-state index in [1.165, 1.54) is 21.9 Å².